The molecule has 6 nitrogen and oxygen atoms in total. The summed E-state index contributed by atoms with van der Waals surface area (Å²) in [6.07, 6.45) is 2.30. The number of methoxy groups -OCH3 is 2. The second-order valence-corrected chi connectivity index (χ2v) is 7.60. The van der Waals surface area contributed by atoms with Crippen LogP contribution < -0.4 is 0 Å². The number of carbonyl (C=O) groups is 2. The van der Waals surface area contributed by atoms with Crippen LogP contribution in [0.2, 0.25) is 0 Å². The number of esters is 2. The van der Waals surface area contributed by atoms with E-state index in [0.717, 1.165) is 29.7 Å². The van der Waals surface area contributed by atoms with Crippen LogP contribution in [0.15, 0.2) is 30.3 Å². The van der Waals surface area contributed by atoms with Crippen LogP contribution >= 0.6 is 11.3 Å². The molecule has 0 saturated carbocycles. The molecule has 0 radical (unpaired) electrons. The van der Waals surface area contributed by atoms with Gasteiger partial charge in [0.2, 0.25) is 5.79 Å². The zero-order valence-corrected chi connectivity index (χ0v) is 17.1. The van der Waals surface area contributed by atoms with E-state index in [1.807, 2.05) is 6.07 Å². The first kappa shape index (κ1) is 20.5. The molecule has 1 saturated heterocycles. The SMILES string of the molecule is CCC1(c2ccc(CCc3ccc(C(=O)OC)c(C(=O)OC)c3)s2)OCCO1. The number of benzene rings is 1. The van der Waals surface area contributed by atoms with Gasteiger partial charge in [-0.15, -0.1) is 11.3 Å². The van der Waals surface area contributed by atoms with Crippen molar-refractivity contribution in [1.82, 2.24) is 0 Å². The summed E-state index contributed by atoms with van der Waals surface area (Å²) in [6.45, 7) is 3.29. The van der Waals surface area contributed by atoms with Gasteiger partial charge in [0, 0.05) is 11.3 Å². The summed E-state index contributed by atoms with van der Waals surface area (Å²) in [7, 11) is 2.58. The van der Waals surface area contributed by atoms with Crippen molar-refractivity contribution in [1.29, 1.82) is 0 Å². The van der Waals surface area contributed by atoms with E-state index in [2.05, 4.69) is 19.1 Å². The van der Waals surface area contributed by atoms with Gasteiger partial charge < -0.3 is 18.9 Å². The lowest BCUT2D eigenvalue weighted by Gasteiger charge is -2.24. The Morgan fingerprint density at radius 2 is 1.68 bits per heavy atom. The Balaban J connectivity index is 1.74. The molecule has 0 N–H and O–H groups in total. The van der Waals surface area contributed by atoms with E-state index in [-0.39, 0.29) is 11.1 Å². The highest BCUT2D eigenvalue weighted by Gasteiger charge is 2.38. The zero-order valence-electron chi connectivity index (χ0n) is 16.3. The van der Waals surface area contributed by atoms with Crippen molar-refractivity contribution in [3.05, 3.63) is 56.8 Å². The van der Waals surface area contributed by atoms with Gasteiger partial charge in [-0.2, -0.15) is 0 Å². The average Bonchev–Trinajstić information content (AvgIpc) is 3.41. The third-order valence-corrected chi connectivity index (χ3v) is 6.08. The summed E-state index contributed by atoms with van der Waals surface area (Å²) in [6, 6.07) is 9.30. The van der Waals surface area contributed by atoms with Gasteiger partial charge in [-0.1, -0.05) is 13.0 Å². The van der Waals surface area contributed by atoms with Crippen LogP contribution in [0.1, 0.15) is 49.4 Å². The lowest BCUT2D eigenvalue weighted by Crippen LogP contribution is -2.24. The van der Waals surface area contributed by atoms with Crippen molar-refractivity contribution in [2.45, 2.75) is 32.0 Å². The third-order valence-electron chi connectivity index (χ3n) is 4.81. The molecule has 150 valence electrons. The molecule has 2 heterocycles. The van der Waals surface area contributed by atoms with Crippen molar-refractivity contribution in [2.75, 3.05) is 27.4 Å². The average molecular weight is 404 g/mol. The smallest absolute Gasteiger partial charge is 0.338 e. The van der Waals surface area contributed by atoms with E-state index in [1.165, 1.54) is 19.1 Å². The summed E-state index contributed by atoms with van der Waals surface area (Å²) < 4.78 is 21.2. The van der Waals surface area contributed by atoms with Crippen molar-refractivity contribution >= 4 is 23.3 Å². The van der Waals surface area contributed by atoms with Gasteiger partial charge in [0.15, 0.2) is 0 Å². The Hall–Kier alpha value is -2.22. The molecule has 1 fully saturated rings. The van der Waals surface area contributed by atoms with Gasteiger partial charge in [-0.25, -0.2) is 9.59 Å². The Morgan fingerprint density at radius 1 is 1.00 bits per heavy atom. The van der Waals surface area contributed by atoms with E-state index >= 15 is 0 Å². The minimum absolute atomic E-state index is 0.205. The van der Waals surface area contributed by atoms with Gasteiger partial charge in [0.1, 0.15) is 0 Å². The number of aryl methyl sites for hydroxylation is 2. The van der Waals surface area contributed by atoms with Gasteiger partial charge in [0.05, 0.1) is 43.4 Å². The van der Waals surface area contributed by atoms with E-state index in [4.69, 9.17) is 18.9 Å². The minimum Gasteiger partial charge on any atom is -0.465 e. The first-order valence-electron chi connectivity index (χ1n) is 9.19. The standard InChI is InChI=1S/C21H24O6S/c1-4-21(26-11-12-27-21)18-10-8-15(28-18)7-5-14-6-9-16(19(22)24-2)17(13-14)20(23)25-3/h6,8-10,13H,4-5,7,11-12H2,1-3H3. The number of thiophene rings is 1. The molecule has 0 aliphatic carbocycles. The fourth-order valence-corrected chi connectivity index (χ4v) is 4.45. The molecule has 0 bridgehead atoms. The normalized spacial score (nSPS) is 15.4. The molecule has 7 heteroatoms. The van der Waals surface area contributed by atoms with Gasteiger partial charge >= 0.3 is 11.9 Å². The summed E-state index contributed by atoms with van der Waals surface area (Å²) in [5.41, 5.74) is 1.37. The molecule has 0 unspecified atom stereocenters. The second kappa shape index (κ2) is 8.86. The second-order valence-electron chi connectivity index (χ2n) is 6.43. The minimum atomic E-state index is -0.608. The highest BCUT2D eigenvalue weighted by Crippen LogP contribution is 2.38. The predicted molar refractivity (Wildman–Crippen MR) is 105 cm³/mol. The number of rotatable bonds is 7. The molecular weight excluding hydrogens is 380 g/mol. The number of hydrogen-bond acceptors (Lipinski definition) is 7. The van der Waals surface area contributed by atoms with Crippen LogP contribution in [0.4, 0.5) is 0 Å². The molecule has 28 heavy (non-hydrogen) atoms. The molecule has 3 rings (SSSR count). The monoisotopic (exact) mass is 404 g/mol. The molecule has 0 spiro atoms. The van der Waals surface area contributed by atoms with E-state index in [9.17, 15) is 9.59 Å². The maximum Gasteiger partial charge on any atom is 0.338 e. The van der Waals surface area contributed by atoms with Crippen LogP contribution in [-0.4, -0.2) is 39.4 Å². The maximum atomic E-state index is 12.0. The highest BCUT2D eigenvalue weighted by molar-refractivity contribution is 7.12. The highest BCUT2D eigenvalue weighted by atomic mass is 32.1. The van der Waals surface area contributed by atoms with Crippen molar-refractivity contribution < 1.29 is 28.5 Å². The quantitative estimate of drug-likeness (QED) is 0.655. The van der Waals surface area contributed by atoms with Crippen LogP contribution in [0.3, 0.4) is 0 Å². The molecule has 1 aromatic carbocycles. The lowest BCUT2D eigenvalue weighted by molar-refractivity contribution is -0.164. The summed E-state index contributed by atoms with van der Waals surface area (Å²) in [5, 5.41) is 0. The van der Waals surface area contributed by atoms with Crippen molar-refractivity contribution in [3.8, 4) is 0 Å². The first-order valence-corrected chi connectivity index (χ1v) is 10.0. The van der Waals surface area contributed by atoms with Crippen LogP contribution in [0, 0.1) is 0 Å². The Labute approximate surface area is 168 Å². The predicted octanol–water partition coefficient (Wildman–Crippen LogP) is 3.72. The number of carbonyl (C=O) groups excluding carboxylic acids is 2. The van der Waals surface area contributed by atoms with Gasteiger partial charge in [-0.05, 0) is 42.7 Å². The van der Waals surface area contributed by atoms with Crippen molar-refractivity contribution in [3.63, 3.8) is 0 Å². The fraction of sp³-hybridized carbons (Fsp3) is 0.429. The van der Waals surface area contributed by atoms with E-state index in [0.29, 0.717) is 13.2 Å². The van der Waals surface area contributed by atoms with Crippen LogP contribution in [0.5, 0.6) is 0 Å². The van der Waals surface area contributed by atoms with E-state index in [1.54, 1.807) is 23.5 Å². The summed E-state index contributed by atoms with van der Waals surface area (Å²) >= 11 is 1.68. The fourth-order valence-electron chi connectivity index (χ4n) is 3.27. The largest absolute Gasteiger partial charge is 0.465 e. The number of hydrogen-bond donors (Lipinski definition) is 0. The summed E-state index contributed by atoms with van der Waals surface area (Å²) in [5.74, 6) is -1.72. The van der Waals surface area contributed by atoms with Crippen LogP contribution in [-0.2, 0) is 37.6 Å². The molecular formula is C21H24O6S. The van der Waals surface area contributed by atoms with Gasteiger partial charge in [-0.3, -0.25) is 0 Å². The first-order chi connectivity index (χ1) is 13.5. The molecule has 0 atom stereocenters. The Morgan fingerprint density at radius 3 is 2.32 bits per heavy atom. The lowest BCUT2D eigenvalue weighted by atomic mass is 10.0. The third kappa shape index (κ3) is 4.11. The molecule has 2 aromatic rings. The summed E-state index contributed by atoms with van der Waals surface area (Å²) in [4.78, 5) is 26.2. The molecule has 1 aromatic heterocycles. The Bertz CT molecular complexity index is 850. The number of ether oxygens (including phenoxy) is 4. The maximum absolute atomic E-state index is 12.0. The Kier molecular flexibility index (Phi) is 6.49. The molecule has 0 amide bonds. The van der Waals surface area contributed by atoms with Crippen molar-refractivity contribution in [2.24, 2.45) is 0 Å². The van der Waals surface area contributed by atoms with Gasteiger partial charge in [0.25, 0.3) is 0 Å². The molecule has 1 aliphatic heterocycles. The topological polar surface area (TPSA) is 71.1 Å². The molecule has 1 aliphatic rings. The van der Waals surface area contributed by atoms with Crippen LogP contribution in [0.25, 0.3) is 0 Å². The zero-order chi connectivity index (χ0) is 20.1. The van der Waals surface area contributed by atoms with E-state index < -0.39 is 17.7 Å².